The molecule has 0 bridgehead atoms. The lowest BCUT2D eigenvalue weighted by atomic mass is 10.1. The van der Waals surface area contributed by atoms with Crippen LogP contribution in [-0.4, -0.2) is 29.8 Å². The maximum Gasteiger partial charge on any atom is 0.182 e. The summed E-state index contributed by atoms with van der Waals surface area (Å²) in [5.74, 6) is 0.806. The zero-order valence-electron chi connectivity index (χ0n) is 13.2. The molecule has 0 amide bonds. The molecule has 2 heterocycles. The van der Waals surface area contributed by atoms with E-state index in [0.29, 0.717) is 6.54 Å². The summed E-state index contributed by atoms with van der Waals surface area (Å²) in [6, 6.07) is 18.4. The van der Waals surface area contributed by atoms with Crippen molar-refractivity contribution in [3.63, 3.8) is 0 Å². The molecule has 24 heavy (non-hydrogen) atoms. The Morgan fingerprint density at radius 2 is 1.75 bits per heavy atom. The molecule has 4 aromatic rings. The lowest BCUT2D eigenvalue weighted by Gasteiger charge is -2.08. The van der Waals surface area contributed by atoms with Gasteiger partial charge in [-0.2, -0.15) is 5.10 Å². The molecule has 0 atom stereocenters. The number of benzene rings is 2. The fourth-order valence-corrected chi connectivity index (χ4v) is 2.61. The van der Waals surface area contributed by atoms with E-state index in [-0.39, 0.29) is 0 Å². The van der Waals surface area contributed by atoms with Crippen LogP contribution in [0, 0.1) is 6.92 Å². The number of aryl methyl sites for hydroxylation is 1. The van der Waals surface area contributed by atoms with Crippen LogP contribution in [0.15, 0.2) is 67.3 Å². The quantitative estimate of drug-likeness (QED) is 0.581. The number of hydrogen-bond acceptors (Lipinski definition) is 4. The van der Waals surface area contributed by atoms with Gasteiger partial charge in [0.1, 0.15) is 18.3 Å². The van der Waals surface area contributed by atoms with E-state index < -0.39 is 0 Å². The lowest BCUT2D eigenvalue weighted by Crippen LogP contribution is -2.10. The molecule has 0 saturated heterocycles. The molecule has 2 aromatic heterocycles. The molecule has 6 nitrogen and oxygen atoms in total. The van der Waals surface area contributed by atoms with Crippen molar-refractivity contribution in [1.29, 1.82) is 0 Å². The summed E-state index contributed by atoms with van der Waals surface area (Å²) in [4.78, 5) is 4.06. The van der Waals surface area contributed by atoms with E-state index in [1.807, 2.05) is 35.0 Å². The average molecular weight is 316 g/mol. The van der Waals surface area contributed by atoms with E-state index in [1.54, 1.807) is 11.0 Å². The first-order valence-corrected chi connectivity index (χ1v) is 7.71. The van der Waals surface area contributed by atoms with E-state index in [4.69, 9.17) is 0 Å². The molecule has 118 valence electrons. The third kappa shape index (κ3) is 2.69. The molecule has 0 aliphatic heterocycles. The third-order valence-corrected chi connectivity index (χ3v) is 3.84. The van der Waals surface area contributed by atoms with Gasteiger partial charge in [-0.1, -0.05) is 65.4 Å². The molecule has 0 saturated carbocycles. The van der Waals surface area contributed by atoms with Gasteiger partial charge in [0.05, 0.1) is 6.54 Å². The smallest absolute Gasteiger partial charge is 0.182 e. The Morgan fingerprint density at radius 1 is 0.958 bits per heavy atom. The molecule has 0 N–H and O–H groups in total. The highest BCUT2D eigenvalue weighted by atomic mass is 15.5. The van der Waals surface area contributed by atoms with E-state index >= 15 is 0 Å². The van der Waals surface area contributed by atoms with Gasteiger partial charge in [-0.3, -0.25) is 0 Å². The molecule has 4 rings (SSSR count). The Balaban J connectivity index is 1.82. The first-order valence-electron chi connectivity index (χ1n) is 7.71. The predicted octanol–water partition coefficient (Wildman–Crippen LogP) is 2.88. The second kappa shape index (κ2) is 6.08. The van der Waals surface area contributed by atoms with Gasteiger partial charge in [0.25, 0.3) is 0 Å². The minimum Gasteiger partial charge on any atom is -0.223 e. The molecule has 2 aromatic carbocycles. The van der Waals surface area contributed by atoms with Crippen molar-refractivity contribution in [2.24, 2.45) is 0 Å². The number of hydrogen-bond donors (Lipinski definition) is 0. The van der Waals surface area contributed by atoms with Gasteiger partial charge >= 0.3 is 0 Å². The van der Waals surface area contributed by atoms with E-state index in [9.17, 15) is 0 Å². The van der Waals surface area contributed by atoms with Crippen LogP contribution >= 0.6 is 0 Å². The summed E-state index contributed by atoms with van der Waals surface area (Å²) in [6.07, 6.45) is 3.18. The fraction of sp³-hybridized carbons (Fsp3) is 0.111. The van der Waals surface area contributed by atoms with Crippen molar-refractivity contribution in [3.05, 3.63) is 78.4 Å². The van der Waals surface area contributed by atoms with Crippen molar-refractivity contribution in [1.82, 2.24) is 29.8 Å². The molecule has 6 heteroatoms. The first-order chi connectivity index (χ1) is 11.8. The van der Waals surface area contributed by atoms with Gasteiger partial charge in [0.2, 0.25) is 0 Å². The van der Waals surface area contributed by atoms with Crippen LogP contribution in [0.4, 0.5) is 0 Å². The average Bonchev–Trinajstić information content (AvgIpc) is 3.26. The largest absolute Gasteiger partial charge is 0.223 e. The van der Waals surface area contributed by atoms with Crippen molar-refractivity contribution < 1.29 is 0 Å². The Morgan fingerprint density at radius 3 is 2.46 bits per heavy atom. The molecule has 0 unspecified atom stereocenters. The van der Waals surface area contributed by atoms with Crippen molar-refractivity contribution in [2.75, 3.05) is 0 Å². The highest BCUT2D eigenvalue weighted by Crippen LogP contribution is 2.24. The van der Waals surface area contributed by atoms with E-state index in [0.717, 1.165) is 22.6 Å². The Kier molecular flexibility index (Phi) is 3.63. The maximum atomic E-state index is 4.39. The lowest BCUT2D eigenvalue weighted by molar-refractivity contribution is 0.618. The zero-order valence-corrected chi connectivity index (χ0v) is 13.2. The monoisotopic (exact) mass is 316 g/mol. The van der Waals surface area contributed by atoms with Crippen molar-refractivity contribution >= 4 is 0 Å². The normalized spacial score (nSPS) is 10.9. The highest BCUT2D eigenvalue weighted by Gasteiger charge is 2.17. The second-order valence-electron chi connectivity index (χ2n) is 5.61. The summed E-state index contributed by atoms with van der Waals surface area (Å²) >= 11 is 0. The van der Waals surface area contributed by atoms with Crippen molar-refractivity contribution in [3.8, 4) is 17.1 Å². The summed E-state index contributed by atoms with van der Waals surface area (Å²) in [6.45, 7) is 2.68. The van der Waals surface area contributed by atoms with Crippen LogP contribution in [0.1, 0.15) is 11.1 Å². The van der Waals surface area contributed by atoms with Crippen LogP contribution < -0.4 is 0 Å². The van der Waals surface area contributed by atoms with Crippen molar-refractivity contribution in [2.45, 2.75) is 13.5 Å². The Labute approximate surface area is 139 Å². The van der Waals surface area contributed by atoms with Gasteiger partial charge in [-0.15, -0.1) is 5.10 Å². The predicted molar refractivity (Wildman–Crippen MR) is 90.7 cm³/mol. The molecule has 0 aliphatic rings. The van der Waals surface area contributed by atoms with Crippen LogP contribution in [0.3, 0.4) is 0 Å². The summed E-state index contributed by atoms with van der Waals surface area (Å²) < 4.78 is 3.55. The molecular formula is C18H16N6. The summed E-state index contributed by atoms with van der Waals surface area (Å²) in [5.41, 5.74) is 4.15. The SMILES string of the molecule is Cc1ccc(-c2nnn(Cc3ccccc3)c2-n2cncn2)cc1. The first kappa shape index (κ1) is 14.3. The van der Waals surface area contributed by atoms with Gasteiger partial charge in [-0.05, 0) is 12.5 Å². The van der Waals surface area contributed by atoms with Gasteiger partial charge < -0.3 is 0 Å². The minimum atomic E-state index is 0.620. The highest BCUT2D eigenvalue weighted by molar-refractivity contribution is 5.66. The van der Waals surface area contributed by atoms with Gasteiger partial charge in [0, 0.05) is 5.56 Å². The molecule has 0 fully saturated rings. The zero-order chi connectivity index (χ0) is 16.4. The minimum absolute atomic E-state index is 0.620. The Bertz CT molecular complexity index is 924. The summed E-state index contributed by atoms with van der Waals surface area (Å²) in [7, 11) is 0. The molecular weight excluding hydrogens is 300 g/mol. The second-order valence-corrected chi connectivity index (χ2v) is 5.61. The molecule has 0 radical (unpaired) electrons. The van der Waals surface area contributed by atoms with Gasteiger partial charge in [-0.25, -0.2) is 14.3 Å². The standard InChI is InChI=1S/C18H16N6/c1-14-7-9-16(10-8-14)17-18(24-13-19-12-20-24)23(22-21-17)11-15-5-3-2-4-6-15/h2-10,12-13H,11H2,1H3. The van der Waals surface area contributed by atoms with Crippen LogP contribution in [0.2, 0.25) is 0 Å². The maximum absolute atomic E-state index is 4.39. The van der Waals surface area contributed by atoms with Gasteiger partial charge in [0.15, 0.2) is 5.82 Å². The van der Waals surface area contributed by atoms with E-state index in [1.165, 1.54) is 11.9 Å². The van der Waals surface area contributed by atoms with E-state index in [2.05, 4.69) is 51.6 Å². The topological polar surface area (TPSA) is 61.4 Å². The number of rotatable bonds is 4. The Hall–Kier alpha value is -3.28. The fourth-order valence-electron chi connectivity index (χ4n) is 2.61. The molecule has 0 aliphatic carbocycles. The molecule has 0 spiro atoms. The van der Waals surface area contributed by atoms with Crippen LogP contribution in [-0.2, 0) is 6.54 Å². The number of nitrogens with zero attached hydrogens (tertiary/aromatic N) is 6. The third-order valence-electron chi connectivity index (χ3n) is 3.84. The van der Waals surface area contributed by atoms with Crippen LogP contribution in [0.25, 0.3) is 17.1 Å². The van der Waals surface area contributed by atoms with Crippen LogP contribution in [0.5, 0.6) is 0 Å². The summed E-state index contributed by atoms with van der Waals surface area (Å²) in [5, 5.41) is 13.0. The number of aromatic nitrogens is 6.